The predicted molar refractivity (Wildman–Crippen MR) is 57.0 cm³/mol. The number of amides is 1. The van der Waals surface area contributed by atoms with Crippen LogP contribution in [-0.4, -0.2) is 17.4 Å². The molecule has 1 saturated carbocycles. The van der Waals surface area contributed by atoms with E-state index in [-0.39, 0.29) is 5.91 Å². The highest BCUT2D eigenvalue weighted by Crippen LogP contribution is 2.27. The van der Waals surface area contributed by atoms with Crippen LogP contribution in [0.15, 0.2) is 22.8 Å². The van der Waals surface area contributed by atoms with Crippen molar-refractivity contribution in [3.63, 3.8) is 0 Å². The Morgan fingerprint density at radius 1 is 1.64 bits per heavy atom. The molecule has 4 heteroatoms. The molecule has 0 atom stereocenters. The standard InChI is InChI=1S/C10H11BrN2O/c11-8-2-1-5-12-9(8)10(14)13-6-7-3-4-7/h1-2,5,7H,3-4,6H2,(H,13,14). The van der Waals surface area contributed by atoms with Crippen LogP contribution < -0.4 is 5.32 Å². The lowest BCUT2D eigenvalue weighted by Gasteiger charge is -2.04. The van der Waals surface area contributed by atoms with Crippen LogP contribution in [0, 0.1) is 5.92 Å². The van der Waals surface area contributed by atoms with E-state index in [1.165, 1.54) is 12.8 Å². The second-order valence-corrected chi connectivity index (χ2v) is 4.34. The monoisotopic (exact) mass is 254 g/mol. The fraction of sp³-hybridized carbons (Fsp3) is 0.400. The molecule has 1 heterocycles. The molecule has 74 valence electrons. The highest BCUT2D eigenvalue weighted by atomic mass is 79.9. The van der Waals surface area contributed by atoms with Crippen LogP contribution in [-0.2, 0) is 0 Å². The molecular weight excluding hydrogens is 244 g/mol. The summed E-state index contributed by atoms with van der Waals surface area (Å²) >= 11 is 3.30. The third-order valence-corrected chi connectivity index (χ3v) is 2.86. The van der Waals surface area contributed by atoms with Gasteiger partial charge in [-0.05, 0) is 46.8 Å². The van der Waals surface area contributed by atoms with Crippen molar-refractivity contribution in [2.24, 2.45) is 5.92 Å². The Morgan fingerprint density at radius 3 is 3.07 bits per heavy atom. The summed E-state index contributed by atoms with van der Waals surface area (Å²) in [6, 6.07) is 3.61. The van der Waals surface area contributed by atoms with Crippen LogP contribution in [0.3, 0.4) is 0 Å². The van der Waals surface area contributed by atoms with E-state index in [1.54, 1.807) is 12.3 Å². The summed E-state index contributed by atoms with van der Waals surface area (Å²) in [5.41, 5.74) is 0.466. The number of pyridine rings is 1. The average molecular weight is 255 g/mol. The molecule has 1 fully saturated rings. The van der Waals surface area contributed by atoms with Crippen molar-refractivity contribution >= 4 is 21.8 Å². The number of carbonyl (C=O) groups excluding carboxylic acids is 1. The average Bonchev–Trinajstić information content (AvgIpc) is 2.98. The molecule has 0 radical (unpaired) electrons. The van der Waals surface area contributed by atoms with E-state index in [1.807, 2.05) is 6.07 Å². The molecule has 2 rings (SSSR count). The Labute approximate surface area is 91.0 Å². The first kappa shape index (κ1) is 9.65. The number of aromatic nitrogens is 1. The molecule has 14 heavy (non-hydrogen) atoms. The van der Waals surface area contributed by atoms with Crippen LogP contribution in [0.5, 0.6) is 0 Å². The van der Waals surface area contributed by atoms with E-state index >= 15 is 0 Å². The molecule has 0 saturated heterocycles. The zero-order chi connectivity index (χ0) is 9.97. The predicted octanol–water partition coefficient (Wildman–Crippen LogP) is 1.98. The van der Waals surface area contributed by atoms with E-state index in [0.29, 0.717) is 11.6 Å². The van der Waals surface area contributed by atoms with Gasteiger partial charge in [-0.3, -0.25) is 4.79 Å². The van der Waals surface area contributed by atoms with Gasteiger partial charge in [0.05, 0.1) is 0 Å². The van der Waals surface area contributed by atoms with Crippen LogP contribution in [0.25, 0.3) is 0 Å². The third-order valence-electron chi connectivity index (χ3n) is 2.22. The molecule has 0 unspecified atom stereocenters. The summed E-state index contributed by atoms with van der Waals surface area (Å²) < 4.78 is 0.744. The fourth-order valence-electron chi connectivity index (χ4n) is 1.20. The van der Waals surface area contributed by atoms with E-state index < -0.39 is 0 Å². The zero-order valence-electron chi connectivity index (χ0n) is 7.66. The zero-order valence-corrected chi connectivity index (χ0v) is 9.25. The van der Waals surface area contributed by atoms with Gasteiger partial charge in [0.2, 0.25) is 0 Å². The first-order valence-corrected chi connectivity index (χ1v) is 5.45. The van der Waals surface area contributed by atoms with Crippen molar-refractivity contribution in [2.75, 3.05) is 6.54 Å². The molecule has 1 aliphatic rings. The summed E-state index contributed by atoms with van der Waals surface area (Å²) in [7, 11) is 0. The second-order valence-electron chi connectivity index (χ2n) is 3.49. The van der Waals surface area contributed by atoms with Crippen molar-refractivity contribution in [3.8, 4) is 0 Å². The first-order valence-electron chi connectivity index (χ1n) is 4.66. The summed E-state index contributed by atoms with van der Waals surface area (Å²) in [5.74, 6) is 0.603. The van der Waals surface area contributed by atoms with Gasteiger partial charge >= 0.3 is 0 Å². The SMILES string of the molecule is O=C(NCC1CC1)c1ncccc1Br. The van der Waals surface area contributed by atoms with Crippen LogP contribution in [0.1, 0.15) is 23.3 Å². The molecule has 0 bridgehead atoms. The maximum atomic E-state index is 11.6. The molecule has 1 aromatic heterocycles. The van der Waals surface area contributed by atoms with E-state index in [0.717, 1.165) is 11.0 Å². The number of carbonyl (C=O) groups is 1. The highest BCUT2D eigenvalue weighted by molar-refractivity contribution is 9.10. The first-order chi connectivity index (χ1) is 6.77. The summed E-state index contributed by atoms with van der Waals surface area (Å²) in [6.07, 6.45) is 4.10. The largest absolute Gasteiger partial charge is 0.350 e. The Kier molecular flexibility index (Phi) is 2.82. The fourth-order valence-corrected chi connectivity index (χ4v) is 1.63. The summed E-state index contributed by atoms with van der Waals surface area (Å²) in [6.45, 7) is 0.780. The van der Waals surface area contributed by atoms with Gasteiger partial charge in [-0.25, -0.2) is 4.98 Å². The molecule has 1 amide bonds. The minimum Gasteiger partial charge on any atom is -0.350 e. The Hall–Kier alpha value is -0.900. The summed E-state index contributed by atoms with van der Waals surface area (Å²) in [4.78, 5) is 15.6. The van der Waals surface area contributed by atoms with Gasteiger partial charge in [-0.15, -0.1) is 0 Å². The molecular formula is C10H11BrN2O. The molecule has 3 nitrogen and oxygen atoms in total. The van der Waals surface area contributed by atoms with E-state index in [4.69, 9.17) is 0 Å². The number of nitrogens with zero attached hydrogens (tertiary/aromatic N) is 1. The van der Waals surface area contributed by atoms with Gasteiger partial charge in [0.25, 0.3) is 5.91 Å². The van der Waals surface area contributed by atoms with Gasteiger partial charge in [0, 0.05) is 17.2 Å². The lowest BCUT2D eigenvalue weighted by molar-refractivity contribution is 0.0946. The minimum atomic E-state index is -0.0932. The van der Waals surface area contributed by atoms with E-state index in [9.17, 15) is 4.79 Å². The number of hydrogen-bond acceptors (Lipinski definition) is 2. The van der Waals surface area contributed by atoms with Crippen molar-refractivity contribution in [1.29, 1.82) is 0 Å². The van der Waals surface area contributed by atoms with Gasteiger partial charge in [-0.2, -0.15) is 0 Å². The van der Waals surface area contributed by atoms with Crippen molar-refractivity contribution < 1.29 is 4.79 Å². The highest BCUT2D eigenvalue weighted by Gasteiger charge is 2.22. The Balaban J connectivity index is 1.98. The number of nitrogens with one attached hydrogen (secondary N) is 1. The molecule has 1 aliphatic carbocycles. The molecule has 0 aliphatic heterocycles. The number of halogens is 1. The van der Waals surface area contributed by atoms with Gasteiger partial charge in [0.1, 0.15) is 5.69 Å². The maximum Gasteiger partial charge on any atom is 0.271 e. The number of rotatable bonds is 3. The van der Waals surface area contributed by atoms with Gasteiger partial charge in [0.15, 0.2) is 0 Å². The van der Waals surface area contributed by atoms with E-state index in [2.05, 4.69) is 26.2 Å². The molecule has 1 aromatic rings. The smallest absolute Gasteiger partial charge is 0.271 e. The quantitative estimate of drug-likeness (QED) is 0.897. The van der Waals surface area contributed by atoms with Crippen LogP contribution >= 0.6 is 15.9 Å². The molecule has 0 spiro atoms. The molecule has 1 N–H and O–H groups in total. The van der Waals surface area contributed by atoms with Crippen molar-refractivity contribution in [1.82, 2.24) is 10.3 Å². The van der Waals surface area contributed by atoms with Crippen molar-refractivity contribution in [3.05, 3.63) is 28.5 Å². The normalized spacial score (nSPS) is 15.2. The second kappa shape index (κ2) is 4.09. The van der Waals surface area contributed by atoms with Crippen LogP contribution in [0.2, 0.25) is 0 Å². The number of hydrogen-bond donors (Lipinski definition) is 1. The lowest BCUT2D eigenvalue weighted by atomic mass is 10.3. The van der Waals surface area contributed by atoms with Gasteiger partial charge in [-0.1, -0.05) is 0 Å². The maximum absolute atomic E-state index is 11.6. The Bertz CT molecular complexity index is 350. The lowest BCUT2D eigenvalue weighted by Crippen LogP contribution is -2.26. The molecule has 0 aromatic carbocycles. The van der Waals surface area contributed by atoms with Crippen LogP contribution in [0.4, 0.5) is 0 Å². The Morgan fingerprint density at radius 2 is 2.43 bits per heavy atom. The third kappa shape index (κ3) is 2.32. The summed E-state index contributed by atoms with van der Waals surface area (Å²) in [5, 5.41) is 2.87. The minimum absolute atomic E-state index is 0.0932. The topological polar surface area (TPSA) is 42.0 Å². The van der Waals surface area contributed by atoms with Gasteiger partial charge < -0.3 is 5.32 Å². The van der Waals surface area contributed by atoms with Crippen molar-refractivity contribution in [2.45, 2.75) is 12.8 Å².